The standard InChI is InChI=1S/C18H16F3NO3/c19-18(20,21)12-22-15(23)11-25-17(24)16(13-7-3-1-4-8-13)14-9-5-2-6-10-14/h1-10,16H,11-12H2,(H,22,23). The van der Waals surface area contributed by atoms with Gasteiger partial charge in [0.05, 0.1) is 0 Å². The summed E-state index contributed by atoms with van der Waals surface area (Å²) in [5, 5.41) is 1.66. The van der Waals surface area contributed by atoms with Crippen LogP contribution in [0.3, 0.4) is 0 Å². The lowest BCUT2D eigenvalue weighted by Gasteiger charge is -2.17. The summed E-state index contributed by atoms with van der Waals surface area (Å²) >= 11 is 0. The molecule has 0 aromatic heterocycles. The molecule has 25 heavy (non-hydrogen) atoms. The molecule has 2 rings (SSSR count). The van der Waals surface area contributed by atoms with Crippen molar-refractivity contribution >= 4 is 11.9 Å². The monoisotopic (exact) mass is 351 g/mol. The van der Waals surface area contributed by atoms with Crippen LogP contribution < -0.4 is 5.32 Å². The van der Waals surface area contributed by atoms with Crippen molar-refractivity contribution in [1.82, 2.24) is 5.32 Å². The number of halogens is 3. The number of nitrogens with one attached hydrogen (secondary N) is 1. The van der Waals surface area contributed by atoms with E-state index in [1.54, 1.807) is 66.0 Å². The van der Waals surface area contributed by atoms with Crippen LogP contribution in [0.4, 0.5) is 13.2 Å². The fourth-order valence-corrected chi connectivity index (χ4v) is 2.23. The van der Waals surface area contributed by atoms with E-state index in [1.807, 2.05) is 0 Å². The first kappa shape index (κ1) is 18.5. The summed E-state index contributed by atoms with van der Waals surface area (Å²) in [4.78, 5) is 23.8. The van der Waals surface area contributed by atoms with E-state index in [1.165, 1.54) is 0 Å². The van der Waals surface area contributed by atoms with Crippen molar-refractivity contribution in [2.24, 2.45) is 0 Å². The smallest absolute Gasteiger partial charge is 0.405 e. The Labute approximate surface area is 142 Å². The van der Waals surface area contributed by atoms with Crippen molar-refractivity contribution in [3.05, 3.63) is 71.8 Å². The molecule has 0 fully saturated rings. The molecule has 7 heteroatoms. The molecule has 0 spiro atoms. The first-order valence-electron chi connectivity index (χ1n) is 7.47. The van der Waals surface area contributed by atoms with Gasteiger partial charge in [0.2, 0.25) is 0 Å². The zero-order valence-corrected chi connectivity index (χ0v) is 13.1. The van der Waals surface area contributed by atoms with Crippen molar-refractivity contribution in [3.8, 4) is 0 Å². The van der Waals surface area contributed by atoms with E-state index in [9.17, 15) is 22.8 Å². The molecule has 0 saturated heterocycles. The van der Waals surface area contributed by atoms with Gasteiger partial charge in [0.15, 0.2) is 6.61 Å². The predicted octanol–water partition coefficient (Wildman–Crippen LogP) is 3.04. The van der Waals surface area contributed by atoms with Gasteiger partial charge >= 0.3 is 12.1 Å². The number of ether oxygens (including phenoxy) is 1. The molecule has 0 aliphatic carbocycles. The molecule has 0 unspecified atom stereocenters. The highest BCUT2D eigenvalue weighted by Crippen LogP contribution is 2.25. The number of carbonyl (C=O) groups is 2. The molecule has 0 saturated carbocycles. The van der Waals surface area contributed by atoms with Crippen LogP contribution in [-0.2, 0) is 14.3 Å². The number of rotatable bonds is 6. The fourth-order valence-electron chi connectivity index (χ4n) is 2.23. The van der Waals surface area contributed by atoms with Crippen molar-refractivity contribution < 1.29 is 27.5 Å². The first-order valence-corrected chi connectivity index (χ1v) is 7.47. The minimum Gasteiger partial charge on any atom is -0.455 e. The molecule has 4 nitrogen and oxygen atoms in total. The van der Waals surface area contributed by atoms with Gasteiger partial charge in [-0.1, -0.05) is 60.7 Å². The van der Waals surface area contributed by atoms with Gasteiger partial charge in [-0.2, -0.15) is 13.2 Å². The number of benzene rings is 2. The van der Waals surface area contributed by atoms with Gasteiger partial charge in [0.25, 0.3) is 5.91 Å². The molecule has 0 heterocycles. The Hall–Kier alpha value is -2.83. The SMILES string of the molecule is O=C(COC(=O)C(c1ccccc1)c1ccccc1)NCC(F)(F)F. The van der Waals surface area contributed by atoms with E-state index in [-0.39, 0.29) is 0 Å². The number of amides is 1. The molecule has 1 amide bonds. The van der Waals surface area contributed by atoms with Crippen molar-refractivity contribution in [2.75, 3.05) is 13.2 Å². The van der Waals surface area contributed by atoms with Crippen LogP contribution in [0.1, 0.15) is 17.0 Å². The van der Waals surface area contributed by atoms with Gasteiger partial charge in [-0.05, 0) is 11.1 Å². The van der Waals surface area contributed by atoms with E-state index in [0.29, 0.717) is 11.1 Å². The fraction of sp³-hybridized carbons (Fsp3) is 0.222. The molecule has 0 atom stereocenters. The molecule has 0 aliphatic rings. The predicted molar refractivity (Wildman–Crippen MR) is 84.8 cm³/mol. The number of hydrogen-bond acceptors (Lipinski definition) is 3. The summed E-state index contributed by atoms with van der Waals surface area (Å²) in [6, 6.07) is 17.6. The Balaban J connectivity index is 2.06. The molecular weight excluding hydrogens is 335 g/mol. The Bertz CT molecular complexity index is 663. The van der Waals surface area contributed by atoms with Crippen molar-refractivity contribution in [2.45, 2.75) is 12.1 Å². The maximum absolute atomic E-state index is 12.4. The zero-order chi connectivity index (χ0) is 18.3. The van der Waals surface area contributed by atoms with Crippen LogP contribution in [0.5, 0.6) is 0 Å². The summed E-state index contributed by atoms with van der Waals surface area (Å²) < 4.78 is 41.1. The maximum atomic E-state index is 12.4. The molecule has 132 valence electrons. The van der Waals surface area contributed by atoms with Gasteiger partial charge in [0, 0.05) is 0 Å². The number of carbonyl (C=O) groups excluding carboxylic acids is 2. The van der Waals surface area contributed by atoms with E-state index >= 15 is 0 Å². The quantitative estimate of drug-likeness (QED) is 0.814. The third-order valence-corrected chi connectivity index (χ3v) is 3.33. The van der Waals surface area contributed by atoms with Crippen LogP contribution in [0.15, 0.2) is 60.7 Å². The highest BCUT2D eigenvalue weighted by atomic mass is 19.4. The van der Waals surface area contributed by atoms with Gasteiger partial charge in [-0.25, -0.2) is 0 Å². The minimum absolute atomic E-state index is 0.661. The van der Waals surface area contributed by atoms with E-state index in [2.05, 4.69) is 0 Å². The second-order valence-corrected chi connectivity index (χ2v) is 5.25. The Morgan fingerprint density at radius 3 is 1.84 bits per heavy atom. The van der Waals surface area contributed by atoms with Crippen LogP contribution in [0.25, 0.3) is 0 Å². The zero-order valence-electron chi connectivity index (χ0n) is 13.1. The molecule has 0 aliphatic heterocycles. The van der Waals surface area contributed by atoms with Gasteiger partial charge in [-0.15, -0.1) is 0 Å². The van der Waals surface area contributed by atoms with E-state index in [0.717, 1.165) is 0 Å². The third kappa shape index (κ3) is 5.95. The summed E-state index contributed by atoms with van der Waals surface area (Å²) in [6.45, 7) is -2.24. The molecular formula is C18H16F3NO3. The lowest BCUT2D eigenvalue weighted by atomic mass is 9.91. The molecule has 2 aromatic rings. The van der Waals surface area contributed by atoms with Gasteiger partial charge < -0.3 is 10.1 Å². The summed E-state index contributed by atoms with van der Waals surface area (Å²) in [7, 11) is 0. The second-order valence-electron chi connectivity index (χ2n) is 5.25. The maximum Gasteiger partial charge on any atom is 0.405 e. The summed E-state index contributed by atoms with van der Waals surface area (Å²) in [5.74, 6) is -2.48. The minimum atomic E-state index is -4.52. The second kappa shape index (κ2) is 8.32. The Morgan fingerprint density at radius 1 is 0.920 bits per heavy atom. The summed E-state index contributed by atoms with van der Waals surface area (Å²) in [6.07, 6.45) is -4.52. The lowest BCUT2D eigenvalue weighted by molar-refractivity contribution is -0.151. The molecule has 0 radical (unpaired) electrons. The molecule has 1 N–H and O–H groups in total. The van der Waals surface area contributed by atoms with E-state index in [4.69, 9.17) is 4.74 Å². The largest absolute Gasteiger partial charge is 0.455 e. The van der Waals surface area contributed by atoms with Crippen molar-refractivity contribution in [3.63, 3.8) is 0 Å². The average molecular weight is 351 g/mol. The molecule has 0 bridgehead atoms. The number of alkyl halides is 3. The third-order valence-electron chi connectivity index (χ3n) is 3.33. The van der Waals surface area contributed by atoms with E-state index < -0.39 is 37.1 Å². The van der Waals surface area contributed by atoms with Gasteiger partial charge in [0.1, 0.15) is 12.5 Å². The van der Waals surface area contributed by atoms with Crippen molar-refractivity contribution in [1.29, 1.82) is 0 Å². The summed E-state index contributed by atoms with van der Waals surface area (Å²) in [5.41, 5.74) is 1.32. The normalized spacial score (nSPS) is 11.2. The topological polar surface area (TPSA) is 55.4 Å². The highest BCUT2D eigenvalue weighted by Gasteiger charge is 2.28. The first-order chi connectivity index (χ1) is 11.9. The lowest BCUT2D eigenvalue weighted by Crippen LogP contribution is -2.36. The molecule has 2 aromatic carbocycles. The average Bonchev–Trinajstić information content (AvgIpc) is 2.60. The Kier molecular flexibility index (Phi) is 6.16. The number of hydrogen-bond donors (Lipinski definition) is 1. The van der Waals surface area contributed by atoms with Crippen LogP contribution in [-0.4, -0.2) is 31.2 Å². The number of esters is 1. The van der Waals surface area contributed by atoms with Gasteiger partial charge in [-0.3, -0.25) is 9.59 Å². The van der Waals surface area contributed by atoms with Crippen LogP contribution in [0, 0.1) is 0 Å². The highest BCUT2D eigenvalue weighted by molar-refractivity contribution is 5.85. The van der Waals surface area contributed by atoms with Crippen LogP contribution >= 0.6 is 0 Å². The van der Waals surface area contributed by atoms with Crippen LogP contribution in [0.2, 0.25) is 0 Å². The Morgan fingerprint density at radius 2 is 1.40 bits per heavy atom.